The van der Waals surface area contributed by atoms with Crippen LogP contribution in [-0.4, -0.2) is 57.7 Å². The third-order valence-electron chi connectivity index (χ3n) is 5.78. The number of amides is 1. The summed E-state index contributed by atoms with van der Waals surface area (Å²) in [6.45, 7) is 3.57. The average Bonchev–Trinajstić information content (AvgIpc) is 3.31. The van der Waals surface area contributed by atoms with E-state index in [0.29, 0.717) is 18.3 Å². The summed E-state index contributed by atoms with van der Waals surface area (Å²) in [5.74, 6) is -0.0167. The molecular formula is C23H29N5OS. The molecule has 1 unspecified atom stereocenters. The van der Waals surface area contributed by atoms with Crippen LogP contribution in [0.2, 0.25) is 0 Å². The highest BCUT2D eigenvalue weighted by atomic mass is 32.1. The first-order chi connectivity index (χ1) is 14.4. The van der Waals surface area contributed by atoms with Gasteiger partial charge in [-0.25, -0.2) is 4.98 Å². The Kier molecular flexibility index (Phi) is 6.01. The molecule has 1 amide bonds. The topological polar surface area (TPSA) is 54.3 Å². The fourth-order valence-corrected chi connectivity index (χ4v) is 4.97. The zero-order valence-electron chi connectivity index (χ0n) is 18.1. The monoisotopic (exact) mass is 423 g/mol. The van der Waals surface area contributed by atoms with Gasteiger partial charge in [-0.3, -0.25) is 14.4 Å². The second-order valence-corrected chi connectivity index (χ2v) is 9.25. The number of benzene rings is 1. The van der Waals surface area contributed by atoms with Crippen LogP contribution >= 0.6 is 11.3 Å². The molecule has 0 fully saturated rings. The van der Waals surface area contributed by atoms with Crippen molar-refractivity contribution in [2.24, 2.45) is 0 Å². The Morgan fingerprint density at radius 2 is 2.00 bits per heavy atom. The van der Waals surface area contributed by atoms with Crippen LogP contribution in [0.1, 0.15) is 44.4 Å². The van der Waals surface area contributed by atoms with Crippen LogP contribution in [0.25, 0.3) is 0 Å². The Morgan fingerprint density at radius 1 is 1.23 bits per heavy atom. The summed E-state index contributed by atoms with van der Waals surface area (Å²) in [5.41, 5.74) is 5.20. The highest BCUT2D eigenvalue weighted by Crippen LogP contribution is 2.29. The average molecular weight is 424 g/mol. The molecule has 0 N–H and O–H groups in total. The van der Waals surface area contributed by atoms with E-state index in [1.54, 1.807) is 30.3 Å². The summed E-state index contributed by atoms with van der Waals surface area (Å²) >= 11 is 1.71. The Labute approximate surface area is 182 Å². The number of hydrogen-bond donors (Lipinski definition) is 0. The second-order valence-electron chi connectivity index (χ2n) is 8.31. The first-order valence-corrected chi connectivity index (χ1v) is 11.3. The SMILES string of the molecule is Cc1csc(CN(C)C2CCc3c(c(C(=O)N(C)C)nn3Cc3ccccc3)C2)n1. The lowest BCUT2D eigenvalue weighted by atomic mass is 9.90. The number of likely N-dealkylation sites (N-methyl/N-ethyl adjacent to an activating group) is 1. The van der Waals surface area contributed by atoms with Crippen molar-refractivity contribution in [1.29, 1.82) is 0 Å². The molecule has 2 aromatic heterocycles. The van der Waals surface area contributed by atoms with Gasteiger partial charge in [0.15, 0.2) is 5.69 Å². The van der Waals surface area contributed by atoms with E-state index >= 15 is 0 Å². The molecule has 158 valence electrons. The predicted octanol–water partition coefficient (Wildman–Crippen LogP) is 3.39. The van der Waals surface area contributed by atoms with Crippen molar-refractivity contribution in [2.75, 3.05) is 21.1 Å². The van der Waals surface area contributed by atoms with E-state index in [4.69, 9.17) is 5.10 Å². The molecule has 0 aliphatic heterocycles. The maximum atomic E-state index is 12.9. The molecule has 0 saturated heterocycles. The zero-order chi connectivity index (χ0) is 21.3. The molecule has 6 nitrogen and oxygen atoms in total. The smallest absolute Gasteiger partial charge is 0.274 e. The van der Waals surface area contributed by atoms with Gasteiger partial charge in [0.25, 0.3) is 5.91 Å². The van der Waals surface area contributed by atoms with Crippen molar-refractivity contribution in [1.82, 2.24) is 24.6 Å². The molecule has 0 radical (unpaired) electrons. The minimum Gasteiger partial charge on any atom is -0.343 e. The predicted molar refractivity (Wildman–Crippen MR) is 120 cm³/mol. The van der Waals surface area contributed by atoms with Crippen molar-refractivity contribution >= 4 is 17.2 Å². The van der Waals surface area contributed by atoms with E-state index in [0.717, 1.165) is 42.1 Å². The lowest BCUT2D eigenvalue weighted by molar-refractivity contribution is 0.0819. The standard InChI is InChI=1S/C23H29N5OS/c1-16-15-30-21(24-16)14-27(4)18-10-11-20-19(12-18)22(23(29)26(2)3)25-28(20)13-17-8-6-5-7-9-17/h5-9,15,18H,10-14H2,1-4H3. The van der Waals surface area contributed by atoms with E-state index in [1.807, 2.05) is 29.8 Å². The first kappa shape index (κ1) is 20.8. The number of nitrogens with zero attached hydrogens (tertiary/aromatic N) is 5. The van der Waals surface area contributed by atoms with Gasteiger partial charge in [0.1, 0.15) is 5.01 Å². The summed E-state index contributed by atoms with van der Waals surface area (Å²) < 4.78 is 2.04. The minimum atomic E-state index is -0.0167. The Bertz CT molecular complexity index is 1020. The summed E-state index contributed by atoms with van der Waals surface area (Å²) in [7, 11) is 5.75. The number of aromatic nitrogens is 3. The lowest BCUT2D eigenvalue weighted by Gasteiger charge is -2.31. The van der Waals surface area contributed by atoms with Gasteiger partial charge in [-0.2, -0.15) is 5.10 Å². The summed E-state index contributed by atoms with van der Waals surface area (Å²) in [4.78, 5) is 21.5. The third kappa shape index (κ3) is 4.32. The van der Waals surface area contributed by atoms with Gasteiger partial charge in [0, 0.05) is 42.5 Å². The lowest BCUT2D eigenvalue weighted by Crippen LogP contribution is -2.37. The number of carbonyl (C=O) groups is 1. The molecule has 0 spiro atoms. The quantitative estimate of drug-likeness (QED) is 0.610. The van der Waals surface area contributed by atoms with E-state index < -0.39 is 0 Å². The van der Waals surface area contributed by atoms with Gasteiger partial charge in [0.05, 0.1) is 13.1 Å². The Balaban J connectivity index is 1.60. The van der Waals surface area contributed by atoms with Crippen LogP contribution in [0.15, 0.2) is 35.7 Å². The minimum absolute atomic E-state index is 0.0167. The summed E-state index contributed by atoms with van der Waals surface area (Å²) in [5, 5.41) is 8.03. The molecule has 2 heterocycles. The molecule has 1 aliphatic carbocycles. The van der Waals surface area contributed by atoms with Crippen LogP contribution in [0.5, 0.6) is 0 Å². The first-order valence-electron chi connectivity index (χ1n) is 10.4. The second kappa shape index (κ2) is 8.70. The molecule has 1 aliphatic rings. The highest BCUT2D eigenvalue weighted by molar-refractivity contribution is 7.09. The fraction of sp³-hybridized carbons (Fsp3) is 0.435. The van der Waals surface area contributed by atoms with E-state index in [1.165, 1.54) is 11.3 Å². The van der Waals surface area contributed by atoms with Gasteiger partial charge in [-0.1, -0.05) is 30.3 Å². The van der Waals surface area contributed by atoms with Gasteiger partial charge in [0.2, 0.25) is 0 Å². The third-order valence-corrected chi connectivity index (χ3v) is 6.73. The number of thiazole rings is 1. The maximum absolute atomic E-state index is 12.9. The van der Waals surface area contributed by atoms with E-state index in [-0.39, 0.29) is 5.91 Å². The van der Waals surface area contributed by atoms with Gasteiger partial charge in [-0.15, -0.1) is 11.3 Å². The van der Waals surface area contributed by atoms with Crippen LogP contribution < -0.4 is 0 Å². The van der Waals surface area contributed by atoms with Crippen LogP contribution in [0, 0.1) is 6.92 Å². The van der Waals surface area contributed by atoms with Crippen LogP contribution in [-0.2, 0) is 25.9 Å². The fourth-order valence-electron chi connectivity index (χ4n) is 4.13. The van der Waals surface area contributed by atoms with Crippen molar-refractivity contribution < 1.29 is 4.79 Å². The number of aryl methyl sites for hydroxylation is 1. The molecule has 4 rings (SSSR count). The number of rotatable bonds is 6. The maximum Gasteiger partial charge on any atom is 0.274 e. The van der Waals surface area contributed by atoms with Crippen LogP contribution in [0.3, 0.4) is 0 Å². The summed E-state index contributed by atoms with van der Waals surface area (Å²) in [6.07, 6.45) is 2.84. The van der Waals surface area contributed by atoms with Gasteiger partial charge >= 0.3 is 0 Å². The molecule has 7 heteroatoms. The van der Waals surface area contributed by atoms with Crippen molar-refractivity contribution in [3.05, 3.63) is 68.9 Å². The molecule has 0 bridgehead atoms. The van der Waals surface area contributed by atoms with Crippen molar-refractivity contribution in [3.8, 4) is 0 Å². The molecular weight excluding hydrogens is 394 g/mol. The number of hydrogen-bond acceptors (Lipinski definition) is 5. The van der Waals surface area contributed by atoms with Gasteiger partial charge in [-0.05, 0) is 38.8 Å². The molecule has 3 aromatic rings. The molecule has 1 aromatic carbocycles. The Morgan fingerprint density at radius 3 is 2.67 bits per heavy atom. The Hall–Kier alpha value is -2.51. The largest absolute Gasteiger partial charge is 0.343 e. The van der Waals surface area contributed by atoms with Crippen molar-refractivity contribution in [2.45, 2.75) is 45.3 Å². The van der Waals surface area contributed by atoms with E-state index in [2.05, 4.69) is 34.4 Å². The molecule has 30 heavy (non-hydrogen) atoms. The molecule has 1 atom stereocenters. The van der Waals surface area contributed by atoms with Crippen LogP contribution in [0.4, 0.5) is 0 Å². The number of fused-ring (bicyclic) bond motifs is 1. The van der Waals surface area contributed by atoms with Gasteiger partial charge < -0.3 is 4.90 Å². The molecule has 0 saturated carbocycles. The zero-order valence-corrected chi connectivity index (χ0v) is 18.9. The normalized spacial score (nSPS) is 16.0. The van der Waals surface area contributed by atoms with E-state index in [9.17, 15) is 4.79 Å². The highest BCUT2D eigenvalue weighted by Gasteiger charge is 2.31. The number of carbonyl (C=O) groups excluding carboxylic acids is 1. The summed E-state index contributed by atoms with van der Waals surface area (Å²) in [6, 6.07) is 10.7. The van der Waals surface area contributed by atoms with Crippen molar-refractivity contribution in [3.63, 3.8) is 0 Å².